The van der Waals surface area contributed by atoms with Gasteiger partial charge in [0.15, 0.2) is 0 Å². The molecule has 0 spiro atoms. The van der Waals surface area contributed by atoms with E-state index in [2.05, 4.69) is 5.32 Å². The van der Waals surface area contributed by atoms with Crippen LogP contribution in [-0.4, -0.2) is 29.2 Å². The quantitative estimate of drug-likeness (QED) is 0.585. The van der Waals surface area contributed by atoms with Crippen LogP contribution in [-0.2, 0) is 0 Å². The Morgan fingerprint density at radius 1 is 1.11 bits per heavy atom. The van der Waals surface area contributed by atoms with E-state index in [1.165, 1.54) is 35.2 Å². The highest BCUT2D eigenvalue weighted by atomic mass is 35.5. The van der Waals surface area contributed by atoms with Gasteiger partial charge in [0, 0.05) is 12.1 Å². The van der Waals surface area contributed by atoms with Crippen LogP contribution in [0.1, 0.15) is 51.3 Å². The second-order valence-corrected chi connectivity index (χ2v) is 6.89. The zero-order valence-electron chi connectivity index (χ0n) is 15.5. The summed E-state index contributed by atoms with van der Waals surface area (Å²) in [5.41, 5.74) is 6.76. The van der Waals surface area contributed by atoms with E-state index in [4.69, 9.17) is 5.73 Å². The van der Waals surface area contributed by atoms with Crippen molar-refractivity contribution >= 4 is 41.5 Å². The Balaban J connectivity index is 0.00000280. The van der Waals surface area contributed by atoms with Crippen molar-refractivity contribution in [2.45, 2.75) is 20.3 Å². The number of hydrogen-bond acceptors (Lipinski definition) is 4. The van der Waals surface area contributed by atoms with Gasteiger partial charge in [-0.05, 0) is 48.7 Å². The molecule has 0 aromatic heterocycles. The molecule has 1 aliphatic heterocycles. The minimum absolute atomic E-state index is 0. The van der Waals surface area contributed by atoms with Gasteiger partial charge < -0.3 is 11.1 Å². The summed E-state index contributed by atoms with van der Waals surface area (Å²) in [5.74, 6) is -1.48. The zero-order valence-corrected chi connectivity index (χ0v) is 16.3. The molecule has 8 heteroatoms. The predicted octanol–water partition coefficient (Wildman–Crippen LogP) is 3.72. The lowest BCUT2D eigenvalue weighted by Gasteiger charge is -2.14. The largest absolute Gasteiger partial charge is 0.397 e. The van der Waals surface area contributed by atoms with Crippen molar-refractivity contribution in [3.63, 3.8) is 0 Å². The van der Waals surface area contributed by atoms with E-state index in [0.717, 1.165) is 6.07 Å². The minimum atomic E-state index is -0.545. The van der Waals surface area contributed by atoms with Gasteiger partial charge in [0.2, 0.25) is 0 Å². The normalized spacial score (nSPS) is 12.8. The lowest BCUT2D eigenvalue weighted by Crippen LogP contribution is -2.31. The molecule has 0 bridgehead atoms. The van der Waals surface area contributed by atoms with Crippen LogP contribution < -0.4 is 11.1 Å². The van der Waals surface area contributed by atoms with Gasteiger partial charge in [0.25, 0.3) is 17.7 Å². The number of benzene rings is 2. The Morgan fingerprint density at radius 2 is 1.79 bits per heavy atom. The molecule has 0 aliphatic carbocycles. The molecule has 0 fully saturated rings. The summed E-state index contributed by atoms with van der Waals surface area (Å²) >= 11 is 0. The van der Waals surface area contributed by atoms with Crippen LogP contribution in [0.15, 0.2) is 36.4 Å². The van der Waals surface area contributed by atoms with Gasteiger partial charge in [0.05, 0.1) is 22.5 Å². The second kappa shape index (κ2) is 8.39. The molecule has 0 atom stereocenters. The average molecular weight is 406 g/mol. The molecular formula is C20H21ClFN3O3. The maximum atomic E-state index is 13.4. The second-order valence-electron chi connectivity index (χ2n) is 6.89. The van der Waals surface area contributed by atoms with Crippen LogP contribution in [0.5, 0.6) is 0 Å². The lowest BCUT2D eigenvalue weighted by molar-refractivity contribution is 0.0647. The number of fused-ring (bicyclic) bond motifs is 1. The number of anilines is 2. The van der Waals surface area contributed by atoms with Gasteiger partial charge in [0.1, 0.15) is 5.82 Å². The summed E-state index contributed by atoms with van der Waals surface area (Å²) in [6.07, 6.45) is 0.706. The fourth-order valence-corrected chi connectivity index (χ4v) is 2.85. The highest BCUT2D eigenvalue weighted by Crippen LogP contribution is 2.26. The molecule has 0 saturated carbocycles. The third-order valence-electron chi connectivity index (χ3n) is 4.43. The molecule has 2 aromatic rings. The van der Waals surface area contributed by atoms with Crippen LogP contribution in [0.4, 0.5) is 15.8 Å². The molecular weight excluding hydrogens is 385 g/mol. The molecule has 0 radical (unpaired) electrons. The first kappa shape index (κ1) is 21.4. The third kappa shape index (κ3) is 4.14. The summed E-state index contributed by atoms with van der Waals surface area (Å²) < 4.78 is 13.4. The first-order valence-corrected chi connectivity index (χ1v) is 8.64. The number of nitrogens with two attached hydrogens (primary N) is 1. The first-order valence-electron chi connectivity index (χ1n) is 8.64. The number of rotatable bonds is 5. The number of halogens is 2. The number of carbonyl (C=O) groups is 3. The number of hydrogen-bond donors (Lipinski definition) is 2. The van der Waals surface area contributed by atoms with Crippen molar-refractivity contribution in [2.24, 2.45) is 5.92 Å². The highest BCUT2D eigenvalue weighted by molar-refractivity contribution is 6.22. The topological polar surface area (TPSA) is 92.5 Å². The van der Waals surface area contributed by atoms with Crippen LogP contribution in [0, 0.1) is 11.7 Å². The smallest absolute Gasteiger partial charge is 0.261 e. The number of carbonyl (C=O) groups excluding carboxylic acids is 3. The monoisotopic (exact) mass is 405 g/mol. The molecule has 6 nitrogen and oxygen atoms in total. The van der Waals surface area contributed by atoms with Gasteiger partial charge >= 0.3 is 0 Å². The predicted molar refractivity (Wildman–Crippen MR) is 107 cm³/mol. The molecule has 0 unspecified atom stereocenters. The third-order valence-corrected chi connectivity index (χ3v) is 4.43. The van der Waals surface area contributed by atoms with E-state index >= 15 is 0 Å². The van der Waals surface area contributed by atoms with E-state index in [-0.39, 0.29) is 46.4 Å². The van der Waals surface area contributed by atoms with Crippen LogP contribution in [0.3, 0.4) is 0 Å². The molecule has 2 aromatic carbocycles. The van der Waals surface area contributed by atoms with E-state index < -0.39 is 17.6 Å². The molecule has 1 heterocycles. The maximum Gasteiger partial charge on any atom is 0.261 e. The van der Waals surface area contributed by atoms with Crippen molar-refractivity contribution in [1.29, 1.82) is 0 Å². The Kier molecular flexibility index (Phi) is 6.41. The minimum Gasteiger partial charge on any atom is -0.397 e. The van der Waals surface area contributed by atoms with Crippen molar-refractivity contribution in [2.75, 3.05) is 17.6 Å². The summed E-state index contributed by atoms with van der Waals surface area (Å²) in [7, 11) is 0. The molecule has 3 amide bonds. The lowest BCUT2D eigenvalue weighted by atomic mass is 10.1. The number of nitrogens with zero attached hydrogens (tertiary/aromatic N) is 1. The van der Waals surface area contributed by atoms with Crippen molar-refractivity contribution < 1.29 is 18.8 Å². The van der Waals surface area contributed by atoms with Crippen LogP contribution in [0.2, 0.25) is 0 Å². The highest BCUT2D eigenvalue weighted by Gasteiger charge is 2.35. The number of imide groups is 1. The van der Waals surface area contributed by atoms with Crippen molar-refractivity contribution in [1.82, 2.24) is 4.90 Å². The average Bonchev–Trinajstić information content (AvgIpc) is 2.86. The van der Waals surface area contributed by atoms with Gasteiger partial charge in [-0.1, -0.05) is 13.8 Å². The Morgan fingerprint density at radius 3 is 2.46 bits per heavy atom. The van der Waals surface area contributed by atoms with Gasteiger partial charge in [-0.2, -0.15) is 0 Å². The fourth-order valence-electron chi connectivity index (χ4n) is 2.85. The molecule has 1 aliphatic rings. The summed E-state index contributed by atoms with van der Waals surface area (Å²) in [4.78, 5) is 38.6. The molecule has 0 saturated heterocycles. The fraction of sp³-hybridized carbons (Fsp3) is 0.250. The maximum absolute atomic E-state index is 13.4. The van der Waals surface area contributed by atoms with Crippen molar-refractivity contribution in [3.8, 4) is 0 Å². The number of nitrogen functional groups attached to an aromatic ring is 1. The number of nitrogens with one attached hydrogen (secondary N) is 1. The van der Waals surface area contributed by atoms with Crippen molar-refractivity contribution in [3.05, 3.63) is 58.9 Å². The van der Waals surface area contributed by atoms with Gasteiger partial charge in [-0.3, -0.25) is 19.3 Å². The summed E-state index contributed by atoms with van der Waals surface area (Å²) in [6, 6.07) is 7.97. The van der Waals surface area contributed by atoms with Crippen LogP contribution in [0.25, 0.3) is 0 Å². The Labute approximate surface area is 168 Å². The SMILES string of the molecule is CC(C)CCN1C(=O)c2ccc(C(=O)Nc3cc(F)ccc3N)cc2C1=O.Cl. The molecule has 3 N–H and O–H groups in total. The van der Waals surface area contributed by atoms with Gasteiger partial charge in [-0.15, -0.1) is 12.4 Å². The Bertz CT molecular complexity index is 946. The zero-order chi connectivity index (χ0) is 19.7. The molecule has 28 heavy (non-hydrogen) atoms. The summed E-state index contributed by atoms with van der Waals surface area (Å²) in [5, 5.41) is 2.52. The van der Waals surface area contributed by atoms with E-state index in [1.807, 2.05) is 13.8 Å². The van der Waals surface area contributed by atoms with Gasteiger partial charge in [-0.25, -0.2) is 4.39 Å². The molecule has 3 rings (SSSR count). The van der Waals surface area contributed by atoms with E-state index in [1.54, 1.807) is 0 Å². The van der Waals surface area contributed by atoms with E-state index in [0.29, 0.717) is 18.9 Å². The number of amides is 3. The first-order chi connectivity index (χ1) is 12.8. The molecule has 148 valence electrons. The standard InChI is InChI=1S/C20H20FN3O3.ClH/c1-11(2)7-8-24-19(26)14-5-3-12(9-15(14)20(24)27)18(25)23-17-10-13(21)4-6-16(17)22;/h3-6,9-11H,7-8,22H2,1-2H3,(H,23,25);1H. The summed E-state index contributed by atoms with van der Waals surface area (Å²) in [6.45, 7) is 4.36. The van der Waals surface area contributed by atoms with E-state index in [9.17, 15) is 18.8 Å². The Hall–Kier alpha value is -2.93. The van der Waals surface area contributed by atoms with Crippen LogP contribution >= 0.6 is 12.4 Å².